The Bertz CT molecular complexity index is 382. The van der Waals surface area contributed by atoms with Gasteiger partial charge in [0, 0.05) is 0 Å². The third-order valence-electron chi connectivity index (χ3n) is 2.08. The van der Waals surface area contributed by atoms with Crippen molar-refractivity contribution in [2.24, 2.45) is 5.41 Å². The zero-order valence-electron chi connectivity index (χ0n) is 11.2. The van der Waals surface area contributed by atoms with Crippen LogP contribution in [0.1, 0.15) is 42.3 Å². The fraction of sp³-hybridized carbons (Fsp3) is 0.500. The van der Waals surface area contributed by atoms with Crippen LogP contribution in [0.3, 0.4) is 0 Å². The van der Waals surface area contributed by atoms with Crippen LogP contribution < -0.4 is 0 Å². The highest BCUT2D eigenvalue weighted by Gasteiger charge is 2.14. The van der Waals surface area contributed by atoms with Crippen LogP contribution in [0.2, 0.25) is 0 Å². The SMILES string of the molecule is Cc1cc(C)cc(C(=O)OOCC(C)(C)C)c1. The highest BCUT2D eigenvalue weighted by atomic mass is 17.2. The van der Waals surface area contributed by atoms with Gasteiger partial charge in [-0.25, -0.2) is 4.79 Å². The molecule has 0 atom stereocenters. The Morgan fingerprint density at radius 2 is 1.65 bits per heavy atom. The van der Waals surface area contributed by atoms with Crippen LogP contribution in [0.5, 0.6) is 0 Å². The molecule has 0 aromatic heterocycles. The van der Waals surface area contributed by atoms with Crippen LogP contribution >= 0.6 is 0 Å². The molecule has 0 spiro atoms. The van der Waals surface area contributed by atoms with E-state index in [0.29, 0.717) is 12.2 Å². The fourth-order valence-corrected chi connectivity index (χ4v) is 1.40. The van der Waals surface area contributed by atoms with Crippen LogP contribution in [-0.2, 0) is 9.78 Å². The summed E-state index contributed by atoms with van der Waals surface area (Å²) < 4.78 is 0. The summed E-state index contributed by atoms with van der Waals surface area (Å²) in [5.41, 5.74) is 2.57. The summed E-state index contributed by atoms with van der Waals surface area (Å²) >= 11 is 0. The lowest BCUT2D eigenvalue weighted by molar-refractivity contribution is -0.255. The number of hydrogen-bond acceptors (Lipinski definition) is 3. The third-order valence-corrected chi connectivity index (χ3v) is 2.08. The summed E-state index contributed by atoms with van der Waals surface area (Å²) in [6.45, 7) is 10.3. The summed E-state index contributed by atoms with van der Waals surface area (Å²) in [6, 6.07) is 5.58. The first-order chi connectivity index (χ1) is 7.78. The van der Waals surface area contributed by atoms with Crippen molar-refractivity contribution in [1.82, 2.24) is 0 Å². The maximum atomic E-state index is 11.7. The Balaban J connectivity index is 2.58. The smallest absolute Gasteiger partial charge is 0.293 e. The lowest BCUT2D eigenvalue weighted by Gasteiger charge is -2.16. The molecule has 94 valence electrons. The second kappa shape index (κ2) is 5.32. The van der Waals surface area contributed by atoms with E-state index in [2.05, 4.69) is 0 Å². The zero-order chi connectivity index (χ0) is 13.1. The topological polar surface area (TPSA) is 35.5 Å². The van der Waals surface area contributed by atoms with Gasteiger partial charge in [-0.15, -0.1) is 0 Å². The number of benzene rings is 1. The van der Waals surface area contributed by atoms with E-state index in [0.717, 1.165) is 11.1 Å². The van der Waals surface area contributed by atoms with Crippen molar-refractivity contribution < 1.29 is 14.6 Å². The van der Waals surface area contributed by atoms with Crippen molar-refractivity contribution in [3.8, 4) is 0 Å². The normalized spacial score (nSPS) is 11.4. The predicted molar refractivity (Wildman–Crippen MR) is 66.7 cm³/mol. The summed E-state index contributed by atoms with van der Waals surface area (Å²) in [7, 11) is 0. The van der Waals surface area contributed by atoms with E-state index in [1.807, 2.05) is 40.7 Å². The van der Waals surface area contributed by atoms with Crippen LogP contribution in [0.4, 0.5) is 0 Å². The molecule has 0 heterocycles. The van der Waals surface area contributed by atoms with Gasteiger partial charge in [0.25, 0.3) is 0 Å². The Morgan fingerprint density at radius 1 is 1.12 bits per heavy atom. The molecule has 0 amide bonds. The van der Waals surface area contributed by atoms with E-state index in [-0.39, 0.29) is 5.41 Å². The van der Waals surface area contributed by atoms with Gasteiger partial charge in [-0.05, 0) is 31.4 Å². The van der Waals surface area contributed by atoms with Gasteiger partial charge in [0.05, 0.1) is 12.2 Å². The average Bonchev–Trinajstić information content (AvgIpc) is 2.13. The summed E-state index contributed by atoms with van der Waals surface area (Å²) in [5.74, 6) is -0.443. The van der Waals surface area contributed by atoms with Crippen LogP contribution in [0.15, 0.2) is 18.2 Å². The molecule has 3 heteroatoms. The van der Waals surface area contributed by atoms with Gasteiger partial charge in [0.2, 0.25) is 0 Å². The number of hydrogen-bond donors (Lipinski definition) is 0. The van der Waals surface area contributed by atoms with E-state index in [1.54, 1.807) is 12.1 Å². The number of aryl methyl sites for hydroxylation is 2. The summed E-state index contributed by atoms with van der Waals surface area (Å²) in [5, 5.41) is 0. The molecule has 0 bridgehead atoms. The summed E-state index contributed by atoms with van der Waals surface area (Å²) in [6.07, 6.45) is 0. The highest BCUT2D eigenvalue weighted by molar-refractivity contribution is 5.89. The minimum absolute atomic E-state index is 0.0250. The van der Waals surface area contributed by atoms with Crippen molar-refractivity contribution in [2.75, 3.05) is 6.61 Å². The molecule has 3 nitrogen and oxygen atoms in total. The summed E-state index contributed by atoms with van der Waals surface area (Å²) in [4.78, 5) is 21.4. The molecule has 0 saturated heterocycles. The van der Waals surface area contributed by atoms with E-state index < -0.39 is 5.97 Å². The zero-order valence-corrected chi connectivity index (χ0v) is 11.2. The van der Waals surface area contributed by atoms with Crippen molar-refractivity contribution in [3.63, 3.8) is 0 Å². The van der Waals surface area contributed by atoms with E-state index >= 15 is 0 Å². The number of carbonyl (C=O) groups is 1. The molecule has 17 heavy (non-hydrogen) atoms. The second-order valence-electron chi connectivity index (χ2n) is 5.57. The van der Waals surface area contributed by atoms with Gasteiger partial charge in [0.15, 0.2) is 0 Å². The van der Waals surface area contributed by atoms with Gasteiger partial charge in [0.1, 0.15) is 0 Å². The van der Waals surface area contributed by atoms with Crippen LogP contribution in [0.25, 0.3) is 0 Å². The monoisotopic (exact) mass is 236 g/mol. The molecule has 1 aromatic carbocycles. The lowest BCUT2D eigenvalue weighted by Crippen LogP contribution is -2.17. The molecule has 0 fully saturated rings. The molecular formula is C14H20O3. The Morgan fingerprint density at radius 3 is 2.12 bits per heavy atom. The minimum atomic E-state index is -0.443. The molecule has 0 N–H and O–H groups in total. The van der Waals surface area contributed by atoms with Crippen molar-refractivity contribution in [1.29, 1.82) is 0 Å². The van der Waals surface area contributed by atoms with Gasteiger partial charge in [-0.2, -0.15) is 4.89 Å². The van der Waals surface area contributed by atoms with Crippen LogP contribution in [-0.4, -0.2) is 12.6 Å². The Labute approximate surface area is 103 Å². The minimum Gasteiger partial charge on any atom is -0.293 e. The molecule has 0 unspecified atom stereocenters. The maximum absolute atomic E-state index is 11.7. The Kier molecular flexibility index (Phi) is 4.29. The quantitative estimate of drug-likeness (QED) is 0.595. The van der Waals surface area contributed by atoms with E-state index in [1.165, 1.54) is 0 Å². The van der Waals surface area contributed by atoms with Gasteiger partial charge in [-0.3, -0.25) is 4.89 Å². The average molecular weight is 236 g/mol. The van der Waals surface area contributed by atoms with Crippen molar-refractivity contribution in [2.45, 2.75) is 34.6 Å². The molecule has 0 aliphatic carbocycles. The highest BCUT2D eigenvalue weighted by Crippen LogP contribution is 2.14. The standard InChI is InChI=1S/C14H20O3/c1-10-6-11(2)8-12(7-10)13(15)17-16-9-14(3,4)5/h6-8H,9H2,1-5H3. The first-order valence-electron chi connectivity index (χ1n) is 5.70. The first kappa shape index (κ1) is 13.7. The molecule has 0 aliphatic heterocycles. The molecular weight excluding hydrogens is 216 g/mol. The molecule has 0 aliphatic rings. The van der Waals surface area contributed by atoms with Crippen molar-refractivity contribution in [3.05, 3.63) is 34.9 Å². The number of carbonyl (C=O) groups excluding carboxylic acids is 1. The van der Waals surface area contributed by atoms with Crippen molar-refractivity contribution >= 4 is 5.97 Å². The van der Waals surface area contributed by atoms with E-state index in [4.69, 9.17) is 9.78 Å². The molecule has 0 saturated carbocycles. The van der Waals surface area contributed by atoms with Gasteiger partial charge in [-0.1, -0.05) is 38.0 Å². The lowest BCUT2D eigenvalue weighted by atomic mass is 9.99. The predicted octanol–water partition coefficient (Wildman–Crippen LogP) is 3.44. The molecule has 1 aromatic rings. The fourth-order valence-electron chi connectivity index (χ4n) is 1.40. The van der Waals surface area contributed by atoms with Gasteiger partial charge >= 0.3 is 5.97 Å². The largest absolute Gasteiger partial charge is 0.373 e. The Hall–Kier alpha value is -1.35. The molecule has 1 rings (SSSR count). The third kappa shape index (κ3) is 5.00. The molecule has 0 radical (unpaired) electrons. The maximum Gasteiger partial charge on any atom is 0.373 e. The van der Waals surface area contributed by atoms with Crippen LogP contribution in [0, 0.1) is 19.3 Å². The second-order valence-corrected chi connectivity index (χ2v) is 5.57. The number of rotatable bonds is 3. The van der Waals surface area contributed by atoms with Gasteiger partial charge < -0.3 is 0 Å². The van der Waals surface area contributed by atoms with E-state index in [9.17, 15) is 4.79 Å². The first-order valence-corrected chi connectivity index (χ1v) is 5.70.